The molecule has 2 aromatic rings. The van der Waals surface area contributed by atoms with Crippen molar-refractivity contribution >= 4 is 53.0 Å². The van der Waals surface area contributed by atoms with Crippen LogP contribution in [0.1, 0.15) is 12.8 Å². The van der Waals surface area contributed by atoms with Gasteiger partial charge in [-0.2, -0.15) is 0 Å². The molecule has 2 heterocycles. The molecule has 0 unspecified atom stereocenters. The Bertz CT molecular complexity index is 1350. The van der Waals surface area contributed by atoms with E-state index in [2.05, 4.69) is 4.72 Å². The van der Waals surface area contributed by atoms with E-state index in [1.54, 1.807) is 12.1 Å². The summed E-state index contributed by atoms with van der Waals surface area (Å²) in [5.41, 5.74) is 0.620. The summed E-state index contributed by atoms with van der Waals surface area (Å²) in [5.74, 6) is -0.802. The van der Waals surface area contributed by atoms with E-state index >= 15 is 0 Å². The number of amides is 1. The monoisotopic (exact) mass is 485 g/mol. The van der Waals surface area contributed by atoms with Gasteiger partial charge in [0.05, 0.1) is 33.5 Å². The van der Waals surface area contributed by atoms with Gasteiger partial charge in [-0.1, -0.05) is 6.07 Å². The first-order valence-electron chi connectivity index (χ1n) is 9.29. The fourth-order valence-electron chi connectivity index (χ4n) is 3.50. The lowest BCUT2D eigenvalue weighted by atomic mass is 10.3. The van der Waals surface area contributed by atoms with E-state index in [-0.39, 0.29) is 34.2 Å². The quantitative estimate of drug-likeness (QED) is 0.669. The summed E-state index contributed by atoms with van der Waals surface area (Å²) >= 11 is 0. The third-order valence-corrected chi connectivity index (χ3v) is 9.90. The molecule has 0 saturated carbocycles. The molecule has 13 heteroatoms. The summed E-state index contributed by atoms with van der Waals surface area (Å²) in [6.07, 6.45) is 0.382. The number of sulfonamides is 3. The molecule has 1 amide bonds. The van der Waals surface area contributed by atoms with E-state index < -0.39 is 36.0 Å². The highest BCUT2D eigenvalue weighted by Crippen LogP contribution is 2.29. The maximum Gasteiger partial charge on any atom is 0.261 e. The molecular formula is C18H19N3O7S3. The van der Waals surface area contributed by atoms with Crippen molar-refractivity contribution in [1.82, 2.24) is 0 Å². The van der Waals surface area contributed by atoms with Crippen LogP contribution >= 0.6 is 0 Å². The molecule has 0 aliphatic carbocycles. The predicted molar refractivity (Wildman–Crippen MR) is 115 cm³/mol. The SMILES string of the molecule is O=C1CCS(=O)(=O)N1c1ccc(S(=O)(=O)Nc2cccc(N3CCCS3(=O)=O)c2)cc1. The van der Waals surface area contributed by atoms with E-state index in [0.717, 1.165) is 0 Å². The minimum atomic E-state index is -4.04. The Balaban J connectivity index is 1.57. The fraction of sp³-hybridized carbons (Fsp3) is 0.278. The van der Waals surface area contributed by atoms with Gasteiger partial charge in [-0.3, -0.25) is 13.8 Å². The Morgan fingerprint density at radius 1 is 0.871 bits per heavy atom. The summed E-state index contributed by atoms with van der Waals surface area (Å²) in [6, 6.07) is 11.0. The van der Waals surface area contributed by atoms with Crippen molar-refractivity contribution in [2.24, 2.45) is 0 Å². The molecule has 2 fully saturated rings. The molecule has 0 radical (unpaired) electrons. The number of carbonyl (C=O) groups excluding carboxylic acids is 1. The lowest BCUT2D eigenvalue weighted by Crippen LogP contribution is -2.29. The second-order valence-corrected chi connectivity index (χ2v) is 12.7. The molecule has 2 saturated heterocycles. The molecule has 2 aliphatic rings. The predicted octanol–water partition coefficient (Wildman–Crippen LogP) is 1.09. The van der Waals surface area contributed by atoms with Crippen molar-refractivity contribution < 1.29 is 30.0 Å². The van der Waals surface area contributed by atoms with E-state index in [9.17, 15) is 30.0 Å². The summed E-state index contributed by atoms with van der Waals surface area (Å²) < 4.78 is 78.0. The van der Waals surface area contributed by atoms with Crippen LogP contribution in [0.4, 0.5) is 17.1 Å². The fourth-order valence-corrected chi connectivity index (χ4v) is 7.56. The first kappa shape index (κ1) is 21.6. The van der Waals surface area contributed by atoms with Gasteiger partial charge in [0.15, 0.2) is 0 Å². The number of benzene rings is 2. The van der Waals surface area contributed by atoms with Crippen LogP contribution in [-0.4, -0.2) is 49.2 Å². The van der Waals surface area contributed by atoms with Crippen molar-refractivity contribution in [3.05, 3.63) is 48.5 Å². The van der Waals surface area contributed by atoms with Crippen LogP contribution in [0.5, 0.6) is 0 Å². The summed E-state index contributed by atoms with van der Waals surface area (Å²) in [7, 11) is -11.2. The maximum atomic E-state index is 12.7. The highest BCUT2D eigenvalue weighted by Gasteiger charge is 2.36. The van der Waals surface area contributed by atoms with Gasteiger partial charge >= 0.3 is 0 Å². The Kier molecular flexibility index (Phi) is 5.22. The highest BCUT2D eigenvalue weighted by atomic mass is 32.2. The Morgan fingerprint density at radius 3 is 2.16 bits per heavy atom. The van der Waals surface area contributed by atoms with E-state index in [4.69, 9.17) is 0 Å². The van der Waals surface area contributed by atoms with Gasteiger partial charge in [-0.05, 0) is 48.9 Å². The number of carbonyl (C=O) groups is 1. The van der Waals surface area contributed by atoms with Crippen molar-refractivity contribution in [3.8, 4) is 0 Å². The molecule has 2 aromatic carbocycles. The standard InChI is InChI=1S/C18H19N3O7S3/c22-18-9-12-30(25,26)21(18)15-5-7-17(8-6-15)31(27,28)19-14-3-1-4-16(13-14)20-10-2-11-29(20,23)24/h1,3-8,13,19H,2,9-12H2. The normalized spacial score (nSPS) is 20.2. The summed E-state index contributed by atoms with van der Waals surface area (Å²) in [5, 5.41) is 0. The van der Waals surface area contributed by atoms with Crippen LogP contribution in [0.15, 0.2) is 53.4 Å². The average molecular weight is 486 g/mol. The van der Waals surface area contributed by atoms with Crippen LogP contribution in [0.3, 0.4) is 0 Å². The minimum absolute atomic E-state index is 0.0462. The zero-order chi connectivity index (χ0) is 22.4. The summed E-state index contributed by atoms with van der Waals surface area (Å²) in [4.78, 5) is 11.7. The molecule has 2 aliphatic heterocycles. The molecule has 0 atom stereocenters. The molecule has 31 heavy (non-hydrogen) atoms. The van der Waals surface area contributed by atoms with Crippen LogP contribution in [0, 0.1) is 0 Å². The van der Waals surface area contributed by atoms with Gasteiger partial charge < -0.3 is 0 Å². The first-order chi connectivity index (χ1) is 14.5. The average Bonchev–Trinajstić information content (AvgIpc) is 3.19. The van der Waals surface area contributed by atoms with Crippen LogP contribution in [0.25, 0.3) is 0 Å². The van der Waals surface area contributed by atoms with Crippen molar-refractivity contribution in [3.63, 3.8) is 0 Å². The molecule has 0 aromatic heterocycles. The largest absolute Gasteiger partial charge is 0.280 e. The molecule has 4 rings (SSSR count). The van der Waals surface area contributed by atoms with Gasteiger partial charge in [0, 0.05) is 13.0 Å². The van der Waals surface area contributed by atoms with Gasteiger partial charge in [0.1, 0.15) is 0 Å². The van der Waals surface area contributed by atoms with Gasteiger partial charge in [-0.15, -0.1) is 0 Å². The lowest BCUT2D eigenvalue weighted by Gasteiger charge is -2.18. The second kappa shape index (κ2) is 7.50. The zero-order valence-corrected chi connectivity index (χ0v) is 18.6. The van der Waals surface area contributed by atoms with Gasteiger partial charge in [0.25, 0.3) is 10.0 Å². The third-order valence-electron chi connectivity index (χ3n) is 4.95. The minimum Gasteiger partial charge on any atom is -0.280 e. The van der Waals surface area contributed by atoms with Gasteiger partial charge in [-0.25, -0.2) is 29.6 Å². The Hall–Kier alpha value is -2.64. The molecule has 10 nitrogen and oxygen atoms in total. The third kappa shape index (κ3) is 4.12. The Labute approximate surface area is 180 Å². The molecular weight excluding hydrogens is 466 g/mol. The molecule has 0 bridgehead atoms. The topological polar surface area (TPSA) is 138 Å². The van der Waals surface area contributed by atoms with E-state index in [0.29, 0.717) is 23.0 Å². The van der Waals surface area contributed by atoms with Crippen LogP contribution in [0.2, 0.25) is 0 Å². The van der Waals surface area contributed by atoms with Crippen LogP contribution < -0.4 is 13.3 Å². The number of anilines is 3. The van der Waals surface area contributed by atoms with E-state index in [1.807, 2.05) is 0 Å². The number of hydrogen-bond acceptors (Lipinski definition) is 7. The van der Waals surface area contributed by atoms with E-state index in [1.165, 1.54) is 40.7 Å². The number of rotatable bonds is 5. The van der Waals surface area contributed by atoms with Crippen LogP contribution in [-0.2, 0) is 34.9 Å². The highest BCUT2D eigenvalue weighted by molar-refractivity contribution is 7.94. The smallest absolute Gasteiger partial charge is 0.261 e. The van der Waals surface area contributed by atoms with Gasteiger partial charge in [0.2, 0.25) is 26.0 Å². The van der Waals surface area contributed by atoms with Crippen molar-refractivity contribution in [2.45, 2.75) is 17.7 Å². The summed E-state index contributed by atoms with van der Waals surface area (Å²) in [6.45, 7) is 0.331. The zero-order valence-electron chi connectivity index (χ0n) is 16.1. The maximum absolute atomic E-state index is 12.7. The second-order valence-electron chi connectivity index (χ2n) is 7.12. The molecule has 0 spiro atoms. The molecule has 166 valence electrons. The number of hydrogen-bond donors (Lipinski definition) is 1. The number of nitrogens with one attached hydrogen (secondary N) is 1. The van der Waals surface area contributed by atoms with Crippen molar-refractivity contribution in [1.29, 1.82) is 0 Å². The first-order valence-corrected chi connectivity index (χ1v) is 14.0. The Morgan fingerprint density at radius 2 is 1.58 bits per heavy atom. The number of nitrogens with zero attached hydrogens (tertiary/aromatic N) is 2. The molecule has 1 N–H and O–H groups in total. The lowest BCUT2D eigenvalue weighted by molar-refractivity contribution is -0.116. The van der Waals surface area contributed by atoms with Crippen molar-refractivity contribution in [2.75, 3.05) is 31.4 Å².